The molecule has 1 rings (SSSR count). The number of hydrogen-bond donors (Lipinski definition) is 2. The van der Waals surface area contributed by atoms with Crippen LogP contribution >= 0.6 is 0 Å². The van der Waals surface area contributed by atoms with Crippen LogP contribution in [0.4, 0.5) is 0 Å². The Bertz CT molecular complexity index is 425. The Kier molecular flexibility index (Phi) is 4.28. The molecule has 0 aromatic carbocycles. The Morgan fingerprint density at radius 1 is 1.53 bits per heavy atom. The molecule has 0 saturated carbocycles. The first-order valence-corrected chi connectivity index (χ1v) is 5.15. The van der Waals surface area contributed by atoms with E-state index in [4.69, 9.17) is 9.52 Å². The highest BCUT2D eigenvalue weighted by Gasteiger charge is 2.15. The molecule has 0 aliphatic rings. The quantitative estimate of drug-likeness (QED) is 0.781. The second-order valence-corrected chi connectivity index (χ2v) is 3.88. The van der Waals surface area contributed by atoms with Crippen LogP contribution in [0.15, 0.2) is 10.5 Å². The highest BCUT2D eigenvalue weighted by atomic mass is 16.4. The van der Waals surface area contributed by atoms with Gasteiger partial charge in [-0.05, 0) is 20.0 Å². The first-order chi connectivity index (χ1) is 7.93. The van der Waals surface area contributed by atoms with Gasteiger partial charge in [-0.25, -0.2) is 4.79 Å². The highest BCUT2D eigenvalue weighted by molar-refractivity contribution is 5.86. The van der Waals surface area contributed by atoms with E-state index >= 15 is 0 Å². The molecule has 0 unspecified atom stereocenters. The van der Waals surface area contributed by atoms with Crippen molar-refractivity contribution in [3.05, 3.63) is 23.2 Å². The number of nitrogens with one attached hydrogen (secondary N) is 1. The summed E-state index contributed by atoms with van der Waals surface area (Å²) in [5.74, 6) is -0.698. The maximum absolute atomic E-state index is 11.1. The van der Waals surface area contributed by atoms with Gasteiger partial charge in [-0.2, -0.15) is 0 Å². The van der Waals surface area contributed by atoms with E-state index in [2.05, 4.69) is 5.32 Å². The molecule has 2 N–H and O–H groups in total. The lowest BCUT2D eigenvalue weighted by atomic mass is 10.2. The summed E-state index contributed by atoms with van der Waals surface area (Å²) in [5, 5.41) is 11.3. The number of rotatable bonds is 5. The van der Waals surface area contributed by atoms with Crippen molar-refractivity contribution in [1.29, 1.82) is 0 Å². The molecule has 0 aliphatic carbocycles. The molecule has 0 aliphatic heterocycles. The van der Waals surface area contributed by atoms with Gasteiger partial charge in [-0.3, -0.25) is 9.69 Å². The van der Waals surface area contributed by atoms with Crippen molar-refractivity contribution in [1.82, 2.24) is 10.2 Å². The Balaban J connectivity index is 2.66. The van der Waals surface area contributed by atoms with Crippen molar-refractivity contribution in [3.8, 4) is 0 Å². The van der Waals surface area contributed by atoms with Crippen LogP contribution in [0.5, 0.6) is 0 Å². The number of nitrogens with zero attached hydrogens (tertiary/aromatic N) is 1. The van der Waals surface area contributed by atoms with E-state index in [1.165, 1.54) is 0 Å². The first-order valence-electron chi connectivity index (χ1n) is 5.15. The van der Waals surface area contributed by atoms with Crippen LogP contribution in [0.25, 0.3) is 0 Å². The van der Waals surface area contributed by atoms with E-state index < -0.39 is 5.97 Å². The maximum atomic E-state index is 11.1. The summed E-state index contributed by atoms with van der Waals surface area (Å²) in [6, 6.07) is 1.67. The van der Waals surface area contributed by atoms with E-state index in [0.29, 0.717) is 17.9 Å². The highest BCUT2D eigenvalue weighted by Crippen LogP contribution is 2.15. The summed E-state index contributed by atoms with van der Waals surface area (Å²) in [6.45, 7) is 2.30. The fourth-order valence-corrected chi connectivity index (χ4v) is 1.48. The number of hydrogen-bond acceptors (Lipinski definition) is 4. The van der Waals surface area contributed by atoms with Gasteiger partial charge in [-0.15, -0.1) is 0 Å². The largest absolute Gasteiger partial charge is 0.475 e. The molecule has 6 heteroatoms. The van der Waals surface area contributed by atoms with Crippen LogP contribution < -0.4 is 5.32 Å². The fraction of sp³-hybridized carbons (Fsp3) is 0.455. The minimum Gasteiger partial charge on any atom is -0.475 e. The van der Waals surface area contributed by atoms with Crippen LogP contribution in [0.3, 0.4) is 0 Å². The molecule has 0 spiro atoms. The Hall–Kier alpha value is -1.82. The van der Waals surface area contributed by atoms with Crippen LogP contribution in [-0.2, 0) is 11.3 Å². The van der Waals surface area contributed by atoms with Gasteiger partial charge in [0.1, 0.15) is 5.76 Å². The fourth-order valence-electron chi connectivity index (χ4n) is 1.48. The summed E-state index contributed by atoms with van der Waals surface area (Å²) in [6.07, 6.45) is 0. The van der Waals surface area contributed by atoms with E-state index in [1.54, 1.807) is 32.0 Å². The average Bonchev–Trinajstić information content (AvgIpc) is 2.59. The van der Waals surface area contributed by atoms with Gasteiger partial charge >= 0.3 is 5.97 Å². The summed E-state index contributed by atoms with van der Waals surface area (Å²) >= 11 is 0. The molecule has 1 aromatic rings. The molecule has 0 radical (unpaired) electrons. The second-order valence-electron chi connectivity index (χ2n) is 3.88. The van der Waals surface area contributed by atoms with E-state index in [-0.39, 0.29) is 18.2 Å². The van der Waals surface area contributed by atoms with Crippen molar-refractivity contribution in [3.63, 3.8) is 0 Å². The van der Waals surface area contributed by atoms with Crippen molar-refractivity contribution >= 4 is 11.9 Å². The smallest absolute Gasteiger partial charge is 0.372 e. The lowest BCUT2D eigenvalue weighted by molar-refractivity contribution is -0.121. The van der Waals surface area contributed by atoms with E-state index in [0.717, 1.165) is 0 Å². The molecule has 1 amide bonds. The Labute approximate surface area is 99.2 Å². The number of likely N-dealkylation sites (N-methyl/N-ethyl adjacent to an activating group) is 2. The first kappa shape index (κ1) is 13.2. The standard InChI is InChI=1S/C11H16N2O4/c1-7-4-8(17-10(7)11(15)16)5-13(3)6-9(14)12-2/h4H,5-6H2,1-3H3,(H,12,14)(H,15,16). The van der Waals surface area contributed by atoms with Crippen molar-refractivity contribution < 1.29 is 19.1 Å². The van der Waals surface area contributed by atoms with Gasteiger partial charge in [0.25, 0.3) is 0 Å². The SMILES string of the molecule is CNC(=O)CN(C)Cc1cc(C)c(C(=O)O)o1. The minimum absolute atomic E-state index is 0.0478. The topological polar surface area (TPSA) is 82.8 Å². The third-order valence-corrected chi connectivity index (χ3v) is 2.28. The lowest BCUT2D eigenvalue weighted by Crippen LogP contribution is -2.32. The molecule has 0 fully saturated rings. The van der Waals surface area contributed by atoms with E-state index in [9.17, 15) is 9.59 Å². The molecule has 6 nitrogen and oxygen atoms in total. The van der Waals surface area contributed by atoms with Gasteiger partial charge in [0, 0.05) is 12.6 Å². The number of amides is 1. The van der Waals surface area contributed by atoms with Gasteiger partial charge < -0.3 is 14.8 Å². The van der Waals surface area contributed by atoms with Gasteiger partial charge in [0.2, 0.25) is 11.7 Å². The Morgan fingerprint density at radius 3 is 2.65 bits per heavy atom. The Morgan fingerprint density at radius 2 is 2.18 bits per heavy atom. The van der Waals surface area contributed by atoms with Crippen molar-refractivity contribution in [2.24, 2.45) is 0 Å². The zero-order valence-corrected chi connectivity index (χ0v) is 10.1. The van der Waals surface area contributed by atoms with Crippen molar-refractivity contribution in [2.45, 2.75) is 13.5 Å². The van der Waals surface area contributed by atoms with Crippen LogP contribution in [0.1, 0.15) is 21.9 Å². The maximum Gasteiger partial charge on any atom is 0.372 e. The third kappa shape index (κ3) is 3.60. The zero-order valence-electron chi connectivity index (χ0n) is 10.1. The van der Waals surface area contributed by atoms with E-state index in [1.807, 2.05) is 0 Å². The number of carbonyl (C=O) groups is 2. The summed E-state index contributed by atoms with van der Waals surface area (Å²) in [7, 11) is 3.32. The molecule has 17 heavy (non-hydrogen) atoms. The normalized spacial score (nSPS) is 10.6. The number of aryl methyl sites for hydroxylation is 1. The molecule has 0 atom stereocenters. The van der Waals surface area contributed by atoms with Crippen LogP contribution in [0.2, 0.25) is 0 Å². The van der Waals surface area contributed by atoms with Crippen LogP contribution in [-0.4, -0.2) is 42.5 Å². The predicted molar refractivity (Wildman–Crippen MR) is 60.8 cm³/mol. The number of carbonyl (C=O) groups excluding carboxylic acids is 1. The summed E-state index contributed by atoms with van der Waals surface area (Å²) in [5.41, 5.74) is 0.584. The summed E-state index contributed by atoms with van der Waals surface area (Å²) in [4.78, 5) is 23.6. The molecule has 1 heterocycles. The molecule has 94 valence electrons. The molecule has 0 bridgehead atoms. The number of carboxylic acids is 1. The van der Waals surface area contributed by atoms with Crippen LogP contribution in [0, 0.1) is 6.92 Å². The second kappa shape index (κ2) is 5.49. The number of furan rings is 1. The number of aromatic carboxylic acids is 1. The van der Waals surface area contributed by atoms with Gasteiger partial charge in [-0.1, -0.05) is 0 Å². The molecule has 1 aromatic heterocycles. The lowest BCUT2D eigenvalue weighted by Gasteiger charge is -2.13. The molecular formula is C11H16N2O4. The molecular weight excluding hydrogens is 224 g/mol. The van der Waals surface area contributed by atoms with Gasteiger partial charge in [0.05, 0.1) is 13.1 Å². The molecule has 0 saturated heterocycles. The minimum atomic E-state index is -1.08. The zero-order chi connectivity index (χ0) is 13.0. The summed E-state index contributed by atoms with van der Waals surface area (Å²) < 4.78 is 5.19. The van der Waals surface area contributed by atoms with Crippen molar-refractivity contribution in [2.75, 3.05) is 20.6 Å². The van der Waals surface area contributed by atoms with Gasteiger partial charge in [0.15, 0.2) is 0 Å². The number of carboxylic acid groups (broad SMARTS) is 1. The third-order valence-electron chi connectivity index (χ3n) is 2.28. The predicted octanol–water partition coefficient (Wildman–Crippen LogP) is 0.464. The monoisotopic (exact) mass is 240 g/mol. The average molecular weight is 240 g/mol.